The molecule has 1 N–H and O–H groups in total. The Bertz CT molecular complexity index is 1210. The average molecular weight is 461 g/mol. The molecule has 3 aromatic carbocycles. The van der Waals surface area contributed by atoms with Gasteiger partial charge in [-0.2, -0.15) is 13.2 Å². The maximum atomic E-state index is 12.9. The van der Waals surface area contributed by atoms with Crippen LogP contribution in [0.4, 0.5) is 18.9 Å². The lowest BCUT2D eigenvalue weighted by molar-refractivity contribution is -0.137. The van der Waals surface area contributed by atoms with E-state index in [1.165, 1.54) is 0 Å². The lowest BCUT2D eigenvalue weighted by atomic mass is 9.94. The molecule has 4 rings (SSSR count). The van der Waals surface area contributed by atoms with Gasteiger partial charge in [-0.1, -0.05) is 35.9 Å². The van der Waals surface area contributed by atoms with Crippen LogP contribution in [0.15, 0.2) is 54.6 Å². The minimum atomic E-state index is -4.57. The molecule has 1 aliphatic heterocycles. The standard InChI is InChI=1S/C23H16ClF3N2O3/c24-17-10-9-14(23(25,26)27)12-18(17)28-19(30)8-3-11-29-21(31)15-6-1-4-13-5-2-7-16(20(13)15)22(29)32/h1-2,4-7,9-10,12H,3,8,11H2,(H,28,30). The van der Waals surface area contributed by atoms with Crippen LogP contribution in [0.2, 0.25) is 5.02 Å². The minimum Gasteiger partial charge on any atom is -0.325 e. The number of alkyl halides is 3. The molecule has 0 unspecified atom stereocenters. The molecule has 0 spiro atoms. The number of benzene rings is 3. The van der Waals surface area contributed by atoms with Crippen molar-refractivity contribution in [2.45, 2.75) is 19.0 Å². The van der Waals surface area contributed by atoms with E-state index in [0.717, 1.165) is 28.5 Å². The monoisotopic (exact) mass is 460 g/mol. The summed E-state index contributed by atoms with van der Waals surface area (Å²) in [4.78, 5) is 39.0. The van der Waals surface area contributed by atoms with Crippen LogP contribution < -0.4 is 5.32 Å². The molecule has 0 saturated carbocycles. The first-order valence-corrected chi connectivity index (χ1v) is 10.1. The highest BCUT2D eigenvalue weighted by Gasteiger charge is 2.33. The van der Waals surface area contributed by atoms with Crippen LogP contribution in [0.5, 0.6) is 0 Å². The van der Waals surface area contributed by atoms with Gasteiger partial charge in [-0.05, 0) is 42.1 Å². The third-order valence-corrected chi connectivity index (χ3v) is 5.54. The summed E-state index contributed by atoms with van der Waals surface area (Å²) in [6.45, 7) is -0.00781. The lowest BCUT2D eigenvalue weighted by Crippen LogP contribution is -2.41. The molecular formula is C23H16ClF3N2O3. The Hall–Kier alpha value is -3.39. The molecular weight excluding hydrogens is 445 g/mol. The number of nitrogens with one attached hydrogen (secondary N) is 1. The van der Waals surface area contributed by atoms with Crippen LogP contribution in [0, 0.1) is 0 Å². The molecule has 1 aliphatic rings. The number of hydrogen-bond acceptors (Lipinski definition) is 3. The Morgan fingerprint density at radius 3 is 2.19 bits per heavy atom. The number of carbonyl (C=O) groups is 3. The van der Waals surface area contributed by atoms with Gasteiger partial charge < -0.3 is 5.32 Å². The number of anilines is 1. The fraction of sp³-hybridized carbons (Fsp3) is 0.174. The van der Waals surface area contributed by atoms with Crippen molar-refractivity contribution in [2.75, 3.05) is 11.9 Å². The van der Waals surface area contributed by atoms with Gasteiger partial charge in [0.05, 0.1) is 16.3 Å². The van der Waals surface area contributed by atoms with Gasteiger partial charge in [-0.15, -0.1) is 0 Å². The Morgan fingerprint density at radius 1 is 0.969 bits per heavy atom. The molecule has 5 nitrogen and oxygen atoms in total. The number of hydrogen-bond donors (Lipinski definition) is 1. The molecule has 3 aromatic rings. The first-order chi connectivity index (χ1) is 15.2. The van der Waals surface area contributed by atoms with Gasteiger partial charge in [0, 0.05) is 29.5 Å². The summed E-state index contributed by atoms with van der Waals surface area (Å²) in [6.07, 6.45) is -4.55. The van der Waals surface area contributed by atoms with E-state index in [9.17, 15) is 27.6 Å². The number of amides is 3. The molecule has 1 heterocycles. The van der Waals surface area contributed by atoms with Crippen LogP contribution >= 0.6 is 11.6 Å². The van der Waals surface area contributed by atoms with Gasteiger partial charge in [-0.3, -0.25) is 19.3 Å². The van der Waals surface area contributed by atoms with Gasteiger partial charge >= 0.3 is 6.18 Å². The molecule has 0 aliphatic carbocycles. The normalized spacial score (nSPS) is 13.6. The second-order valence-corrected chi connectivity index (χ2v) is 7.72. The maximum Gasteiger partial charge on any atom is 0.416 e. The number of halogens is 4. The highest BCUT2D eigenvalue weighted by molar-refractivity contribution is 6.33. The van der Waals surface area contributed by atoms with E-state index < -0.39 is 29.5 Å². The van der Waals surface area contributed by atoms with Crippen LogP contribution in [-0.2, 0) is 11.0 Å². The number of rotatable bonds is 5. The first-order valence-electron chi connectivity index (χ1n) is 9.71. The first kappa shape index (κ1) is 21.8. The van der Waals surface area contributed by atoms with E-state index >= 15 is 0 Å². The van der Waals surface area contributed by atoms with Gasteiger partial charge in [0.15, 0.2) is 0 Å². The molecule has 0 aromatic heterocycles. The molecule has 32 heavy (non-hydrogen) atoms. The van der Waals surface area contributed by atoms with Crippen molar-refractivity contribution < 1.29 is 27.6 Å². The van der Waals surface area contributed by atoms with E-state index in [4.69, 9.17) is 11.6 Å². The summed E-state index contributed by atoms with van der Waals surface area (Å²) in [5.74, 6) is -1.47. The van der Waals surface area contributed by atoms with Gasteiger partial charge in [-0.25, -0.2) is 0 Å². The molecule has 0 fully saturated rings. The molecule has 164 valence electrons. The average Bonchev–Trinajstić information content (AvgIpc) is 2.75. The van der Waals surface area contributed by atoms with E-state index in [-0.39, 0.29) is 30.1 Å². The predicted molar refractivity (Wildman–Crippen MR) is 114 cm³/mol. The third kappa shape index (κ3) is 4.05. The summed E-state index contributed by atoms with van der Waals surface area (Å²) < 4.78 is 38.6. The fourth-order valence-corrected chi connectivity index (χ4v) is 3.86. The van der Waals surface area contributed by atoms with Crippen molar-refractivity contribution in [1.82, 2.24) is 4.90 Å². The van der Waals surface area contributed by atoms with E-state index in [0.29, 0.717) is 16.5 Å². The largest absolute Gasteiger partial charge is 0.416 e. The third-order valence-electron chi connectivity index (χ3n) is 5.21. The van der Waals surface area contributed by atoms with Crippen LogP contribution in [-0.4, -0.2) is 29.2 Å². The lowest BCUT2D eigenvalue weighted by Gasteiger charge is -2.27. The van der Waals surface area contributed by atoms with E-state index in [1.54, 1.807) is 24.3 Å². The zero-order valence-electron chi connectivity index (χ0n) is 16.5. The van der Waals surface area contributed by atoms with E-state index in [1.807, 2.05) is 12.1 Å². The number of imide groups is 1. The van der Waals surface area contributed by atoms with Crippen LogP contribution in [0.1, 0.15) is 39.1 Å². The highest BCUT2D eigenvalue weighted by atomic mass is 35.5. The van der Waals surface area contributed by atoms with Gasteiger partial charge in [0.1, 0.15) is 0 Å². The zero-order valence-corrected chi connectivity index (χ0v) is 17.3. The summed E-state index contributed by atoms with van der Waals surface area (Å²) in [5.41, 5.74) is -0.262. The van der Waals surface area contributed by atoms with Gasteiger partial charge in [0.2, 0.25) is 5.91 Å². The SMILES string of the molecule is O=C(CCCN1C(=O)c2cccc3cccc(c23)C1=O)Nc1cc(C(F)(F)F)ccc1Cl. The summed E-state index contributed by atoms with van der Waals surface area (Å²) >= 11 is 5.89. The van der Waals surface area contributed by atoms with Crippen LogP contribution in [0.25, 0.3) is 10.8 Å². The highest BCUT2D eigenvalue weighted by Crippen LogP contribution is 2.34. The Labute approximate surface area is 185 Å². The van der Waals surface area contributed by atoms with Crippen molar-refractivity contribution >= 4 is 45.8 Å². The van der Waals surface area contributed by atoms with Gasteiger partial charge in [0.25, 0.3) is 11.8 Å². The second kappa shape index (κ2) is 8.27. The smallest absolute Gasteiger partial charge is 0.325 e. The Balaban J connectivity index is 1.43. The summed E-state index contributed by atoms with van der Waals surface area (Å²) in [6, 6.07) is 13.1. The second-order valence-electron chi connectivity index (χ2n) is 7.32. The molecule has 3 amide bonds. The maximum absolute atomic E-state index is 12.9. The molecule has 0 saturated heterocycles. The van der Waals surface area contributed by atoms with Crippen molar-refractivity contribution in [3.8, 4) is 0 Å². The quantitative estimate of drug-likeness (QED) is 0.509. The van der Waals surface area contributed by atoms with Crippen molar-refractivity contribution in [2.24, 2.45) is 0 Å². The zero-order chi connectivity index (χ0) is 23.0. The van der Waals surface area contributed by atoms with Crippen LogP contribution in [0.3, 0.4) is 0 Å². The topological polar surface area (TPSA) is 66.5 Å². The summed E-state index contributed by atoms with van der Waals surface area (Å²) in [7, 11) is 0. The Kier molecular flexibility index (Phi) is 5.64. The van der Waals surface area contributed by atoms with Crippen molar-refractivity contribution in [1.29, 1.82) is 0 Å². The van der Waals surface area contributed by atoms with Crippen molar-refractivity contribution in [3.05, 3.63) is 76.3 Å². The number of carbonyl (C=O) groups excluding carboxylic acids is 3. The van der Waals surface area contributed by atoms with Crippen molar-refractivity contribution in [3.63, 3.8) is 0 Å². The molecule has 0 radical (unpaired) electrons. The summed E-state index contributed by atoms with van der Waals surface area (Å²) in [5, 5.41) is 3.73. The molecule has 0 bridgehead atoms. The fourth-order valence-electron chi connectivity index (χ4n) is 3.69. The minimum absolute atomic E-state index is 0.00781. The predicted octanol–water partition coefficient (Wildman–Crippen LogP) is 5.53. The Morgan fingerprint density at radius 2 is 1.59 bits per heavy atom. The number of nitrogens with zero attached hydrogens (tertiary/aromatic N) is 1. The molecule has 0 atom stereocenters. The van der Waals surface area contributed by atoms with E-state index in [2.05, 4.69) is 5.32 Å². The molecule has 9 heteroatoms.